The number of amides is 1. The van der Waals surface area contributed by atoms with Gasteiger partial charge in [-0.25, -0.2) is 4.79 Å². The van der Waals surface area contributed by atoms with Crippen LogP contribution in [0.3, 0.4) is 0 Å². The lowest BCUT2D eigenvalue weighted by molar-refractivity contribution is -0.0296. The summed E-state index contributed by atoms with van der Waals surface area (Å²) in [5.74, 6) is 0. The van der Waals surface area contributed by atoms with E-state index < -0.39 is 11.7 Å². The van der Waals surface area contributed by atoms with E-state index in [2.05, 4.69) is 41.7 Å². The van der Waals surface area contributed by atoms with Crippen LogP contribution in [0.4, 0.5) is 4.79 Å². The van der Waals surface area contributed by atoms with Gasteiger partial charge in [0.1, 0.15) is 11.7 Å². The highest BCUT2D eigenvalue weighted by atomic mass is 16.6. The standard InChI is InChI=1S/C23H21NO3/c25-22-24-16-21(27-22)17-26-23(18-10-4-1-5-11-18,19-12-6-2-7-13-19)20-14-8-3-9-15-20/h1-15,21H,16-17H2,(H,24,25)/t21-/m0/s1. The van der Waals surface area contributed by atoms with Gasteiger partial charge in [-0.2, -0.15) is 0 Å². The molecule has 3 aromatic rings. The van der Waals surface area contributed by atoms with Crippen molar-refractivity contribution in [1.29, 1.82) is 0 Å². The molecule has 4 rings (SSSR count). The molecule has 27 heavy (non-hydrogen) atoms. The third-order valence-electron chi connectivity index (χ3n) is 4.77. The van der Waals surface area contributed by atoms with Crippen molar-refractivity contribution in [3.05, 3.63) is 108 Å². The van der Waals surface area contributed by atoms with E-state index in [-0.39, 0.29) is 12.7 Å². The number of nitrogens with one attached hydrogen (secondary N) is 1. The highest BCUT2D eigenvalue weighted by Gasteiger charge is 2.39. The maximum absolute atomic E-state index is 11.4. The van der Waals surface area contributed by atoms with Gasteiger partial charge in [0.2, 0.25) is 0 Å². The van der Waals surface area contributed by atoms with Gasteiger partial charge in [0.05, 0.1) is 13.2 Å². The number of rotatable bonds is 6. The van der Waals surface area contributed by atoms with Gasteiger partial charge in [0, 0.05) is 0 Å². The molecule has 136 valence electrons. The van der Waals surface area contributed by atoms with Crippen LogP contribution in [-0.4, -0.2) is 25.3 Å². The number of carbonyl (C=O) groups excluding carboxylic acids is 1. The molecule has 0 saturated carbocycles. The van der Waals surface area contributed by atoms with E-state index >= 15 is 0 Å². The molecule has 1 atom stereocenters. The predicted octanol–water partition coefficient (Wildman–Crippen LogP) is 4.10. The number of cyclic esters (lactones) is 1. The molecule has 1 amide bonds. The van der Waals surface area contributed by atoms with E-state index in [9.17, 15) is 4.79 Å². The van der Waals surface area contributed by atoms with Gasteiger partial charge in [-0.1, -0.05) is 91.0 Å². The quantitative estimate of drug-likeness (QED) is 0.674. The fraction of sp³-hybridized carbons (Fsp3) is 0.174. The van der Waals surface area contributed by atoms with Crippen LogP contribution < -0.4 is 5.32 Å². The molecule has 1 aliphatic heterocycles. The third-order valence-corrected chi connectivity index (χ3v) is 4.77. The first-order valence-electron chi connectivity index (χ1n) is 9.04. The summed E-state index contributed by atoms with van der Waals surface area (Å²) in [5, 5.41) is 2.68. The van der Waals surface area contributed by atoms with Crippen molar-refractivity contribution in [3.8, 4) is 0 Å². The average molecular weight is 359 g/mol. The molecule has 4 heteroatoms. The van der Waals surface area contributed by atoms with Gasteiger partial charge >= 0.3 is 6.09 Å². The van der Waals surface area contributed by atoms with Crippen molar-refractivity contribution in [1.82, 2.24) is 5.32 Å². The fourth-order valence-electron chi connectivity index (χ4n) is 3.51. The van der Waals surface area contributed by atoms with Crippen LogP contribution in [0, 0.1) is 0 Å². The maximum Gasteiger partial charge on any atom is 0.407 e. The van der Waals surface area contributed by atoms with Crippen molar-refractivity contribution in [3.63, 3.8) is 0 Å². The van der Waals surface area contributed by atoms with Gasteiger partial charge in [0.15, 0.2) is 0 Å². The molecule has 0 spiro atoms. The van der Waals surface area contributed by atoms with E-state index in [1.807, 2.05) is 54.6 Å². The largest absolute Gasteiger partial charge is 0.442 e. The zero-order valence-electron chi connectivity index (χ0n) is 14.9. The molecule has 1 N–H and O–H groups in total. The molecule has 0 unspecified atom stereocenters. The highest BCUT2D eigenvalue weighted by molar-refractivity contribution is 5.69. The van der Waals surface area contributed by atoms with E-state index in [4.69, 9.17) is 9.47 Å². The summed E-state index contributed by atoms with van der Waals surface area (Å²) in [5.41, 5.74) is 2.29. The molecule has 0 radical (unpaired) electrons. The van der Waals surface area contributed by atoms with Crippen LogP contribution in [0.25, 0.3) is 0 Å². The first-order valence-corrected chi connectivity index (χ1v) is 9.04. The first-order chi connectivity index (χ1) is 13.3. The van der Waals surface area contributed by atoms with E-state index in [0.29, 0.717) is 6.54 Å². The van der Waals surface area contributed by atoms with Gasteiger partial charge < -0.3 is 14.8 Å². The molecule has 1 heterocycles. The molecule has 4 nitrogen and oxygen atoms in total. The van der Waals surface area contributed by atoms with Crippen LogP contribution in [0.2, 0.25) is 0 Å². The Morgan fingerprint density at radius 3 is 1.63 bits per heavy atom. The van der Waals surface area contributed by atoms with Gasteiger partial charge in [0.25, 0.3) is 0 Å². The van der Waals surface area contributed by atoms with Crippen molar-refractivity contribution in [2.45, 2.75) is 11.7 Å². The van der Waals surface area contributed by atoms with E-state index in [1.165, 1.54) is 0 Å². The second-order valence-corrected chi connectivity index (χ2v) is 6.50. The van der Waals surface area contributed by atoms with Crippen molar-refractivity contribution in [2.24, 2.45) is 0 Å². The Balaban J connectivity index is 1.82. The Bertz CT molecular complexity index is 785. The molecule has 1 fully saturated rings. The topological polar surface area (TPSA) is 47.6 Å². The Hall–Kier alpha value is -3.11. The minimum absolute atomic E-state index is 0.289. The molecule has 0 aromatic heterocycles. The summed E-state index contributed by atoms with van der Waals surface area (Å²) >= 11 is 0. The summed E-state index contributed by atoms with van der Waals surface area (Å²) in [6, 6.07) is 30.5. The molecule has 1 saturated heterocycles. The number of ether oxygens (including phenoxy) is 2. The molecule has 0 bridgehead atoms. The second-order valence-electron chi connectivity index (χ2n) is 6.50. The van der Waals surface area contributed by atoms with E-state index in [1.54, 1.807) is 0 Å². The number of carbonyl (C=O) groups is 1. The molecule has 3 aromatic carbocycles. The Morgan fingerprint density at radius 2 is 1.26 bits per heavy atom. The van der Waals surface area contributed by atoms with Crippen molar-refractivity contribution < 1.29 is 14.3 Å². The first kappa shape index (κ1) is 17.3. The van der Waals surface area contributed by atoms with Gasteiger partial charge in [-0.15, -0.1) is 0 Å². The number of hydrogen-bond acceptors (Lipinski definition) is 3. The molecular weight excluding hydrogens is 338 g/mol. The monoisotopic (exact) mass is 359 g/mol. The third kappa shape index (κ3) is 3.44. The number of benzene rings is 3. The van der Waals surface area contributed by atoms with Crippen LogP contribution in [0.5, 0.6) is 0 Å². The maximum atomic E-state index is 11.4. The zero-order valence-corrected chi connectivity index (χ0v) is 14.9. The summed E-state index contributed by atoms with van der Waals surface area (Å²) in [7, 11) is 0. The highest BCUT2D eigenvalue weighted by Crippen LogP contribution is 2.40. The second kappa shape index (κ2) is 7.64. The number of alkyl carbamates (subject to hydrolysis) is 1. The predicted molar refractivity (Wildman–Crippen MR) is 103 cm³/mol. The van der Waals surface area contributed by atoms with Crippen LogP contribution in [0.15, 0.2) is 91.0 Å². The fourth-order valence-corrected chi connectivity index (χ4v) is 3.51. The summed E-state index contributed by atoms with van der Waals surface area (Å²) in [6.45, 7) is 0.741. The van der Waals surface area contributed by atoms with Crippen LogP contribution in [-0.2, 0) is 15.1 Å². The number of hydrogen-bond donors (Lipinski definition) is 1. The van der Waals surface area contributed by atoms with Crippen LogP contribution >= 0.6 is 0 Å². The SMILES string of the molecule is O=C1NC[C@@H](COC(c2ccccc2)(c2ccccc2)c2ccccc2)O1. The minimum Gasteiger partial charge on any atom is -0.442 e. The van der Waals surface area contributed by atoms with Crippen molar-refractivity contribution >= 4 is 6.09 Å². The average Bonchev–Trinajstić information content (AvgIpc) is 3.16. The van der Waals surface area contributed by atoms with Crippen LogP contribution in [0.1, 0.15) is 16.7 Å². The molecular formula is C23H21NO3. The summed E-state index contributed by atoms with van der Waals surface area (Å²) in [6.07, 6.45) is -0.707. The molecule has 0 aliphatic carbocycles. The van der Waals surface area contributed by atoms with Gasteiger partial charge in [-0.3, -0.25) is 0 Å². The lowest BCUT2D eigenvalue weighted by Crippen LogP contribution is -2.36. The minimum atomic E-state index is -0.793. The van der Waals surface area contributed by atoms with Gasteiger partial charge in [-0.05, 0) is 16.7 Å². The zero-order chi connectivity index (χ0) is 18.5. The lowest BCUT2D eigenvalue weighted by atomic mass is 9.80. The Kier molecular flexibility index (Phi) is 4.90. The normalized spacial score (nSPS) is 16.6. The van der Waals surface area contributed by atoms with Crippen molar-refractivity contribution in [2.75, 3.05) is 13.2 Å². The Labute approximate surface area is 158 Å². The van der Waals surface area contributed by atoms with E-state index in [0.717, 1.165) is 16.7 Å². The lowest BCUT2D eigenvalue weighted by Gasteiger charge is -2.36. The summed E-state index contributed by atoms with van der Waals surface area (Å²) in [4.78, 5) is 11.4. The molecule has 1 aliphatic rings. The smallest absolute Gasteiger partial charge is 0.407 e. The summed E-state index contributed by atoms with van der Waals surface area (Å²) < 4.78 is 11.9. The Morgan fingerprint density at radius 1 is 0.815 bits per heavy atom.